The van der Waals surface area contributed by atoms with Crippen molar-refractivity contribution in [3.8, 4) is 5.75 Å². The van der Waals surface area contributed by atoms with E-state index in [0.29, 0.717) is 48.6 Å². The second kappa shape index (κ2) is 8.86. The van der Waals surface area contributed by atoms with Gasteiger partial charge in [-0.2, -0.15) is 18.3 Å². The Labute approximate surface area is 206 Å². The third-order valence-corrected chi connectivity index (χ3v) is 7.27. The summed E-state index contributed by atoms with van der Waals surface area (Å²) in [5.41, 5.74) is 0.596. The van der Waals surface area contributed by atoms with Crippen molar-refractivity contribution in [1.82, 2.24) is 19.6 Å². The van der Waals surface area contributed by atoms with Gasteiger partial charge < -0.3 is 14.7 Å². The lowest BCUT2D eigenvalue weighted by molar-refractivity contribution is -0.153. The number of aryl methyl sites for hydroxylation is 1. The van der Waals surface area contributed by atoms with Gasteiger partial charge in [-0.15, -0.1) is 0 Å². The van der Waals surface area contributed by atoms with Crippen LogP contribution in [0.4, 0.5) is 23.2 Å². The van der Waals surface area contributed by atoms with Crippen LogP contribution >= 0.6 is 0 Å². The normalized spacial score (nSPS) is 22.4. The zero-order chi connectivity index (χ0) is 25.8. The minimum Gasteiger partial charge on any atom is -0.480 e. The smallest absolute Gasteiger partial charge is 0.422 e. The Morgan fingerprint density at radius 1 is 1.14 bits per heavy atom. The van der Waals surface area contributed by atoms with Crippen molar-refractivity contribution >= 4 is 11.3 Å². The highest BCUT2D eigenvalue weighted by molar-refractivity contribution is 5.55. The SMILES string of the molecule is Cc1cc(N2C[C@H]3CC[C@@H](C2)C3Cc2nc3c(OCC(F)(F)F)ccc(C(C)(C)O)n3n2)c(F)cn1. The zero-order valence-corrected chi connectivity index (χ0v) is 20.4. The van der Waals surface area contributed by atoms with Gasteiger partial charge in [0.25, 0.3) is 0 Å². The summed E-state index contributed by atoms with van der Waals surface area (Å²) in [6.45, 7) is 4.98. The molecule has 0 amide bonds. The van der Waals surface area contributed by atoms with Gasteiger partial charge in [-0.1, -0.05) is 0 Å². The molecule has 2 fully saturated rings. The molecule has 0 radical (unpaired) electrons. The highest BCUT2D eigenvalue weighted by Gasteiger charge is 2.43. The third-order valence-electron chi connectivity index (χ3n) is 7.27. The molecule has 1 saturated heterocycles. The summed E-state index contributed by atoms with van der Waals surface area (Å²) in [5.74, 6) is 1.03. The number of hydrogen-bond acceptors (Lipinski definition) is 6. The van der Waals surface area contributed by atoms with Crippen LogP contribution in [0.2, 0.25) is 0 Å². The van der Waals surface area contributed by atoms with Gasteiger partial charge in [-0.05, 0) is 69.6 Å². The van der Waals surface area contributed by atoms with Gasteiger partial charge in [0, 0.05) is 25.2 Å². The zero-order valence-electron chi connectivity index (χ0n) is 20.4. The Hall–Kier alpha value is -2.95. The molecule has 3 atom stereocenters. The quantitative estimate of drug-likeness (QED) is 0.497. The minimum atomic E-state index is -4.49. The third kappa shape index (κ3) is 4.85. The van der Waals surface area contributed by atoms with Gasteiger partial charge in [0.05, 0.1) is 17.6 Å². The highest BCUT2D eigenvalue weighted by Crippen LogP contribution is 2.45. The number of rotatable bonds is 6. The van der Waals surface area contributed by atoms with E-state index in [4.69, 9.17) is 4.74 Å². The van der Waals surface area contributed by atoms with Crippen molar-refractivity contribution in [2.24, 2.45) is 17.8 Å². The number of pyridine rings is 2. The fraction of sp³-hybridized carbons (Fsp3) is 0.560. The number of piperidine rings is 1. The molecule has 0 spiro atoms. The number of halogens is 4. The summed E-state index contributed by atoms with van der Waals surface area (Å²) in [6, 6.07) is 4.67. The molecule has 1 aliphatic carbocycles. The van der Waals surface area contributed by atoms with E-state index in [0.717, 1.165) is 18.5 Å². The van der Waals surface area contributed by atoms with Crippen molar-refractivity contribution in [3.05, 3.63) is 47.4 Å². The molecule has 5 rings (SSSR count). The molecular weight excluding hydrogens is 478 g/mol. The molecule has 194 valence electrons. The van der Waals surface area contributed by atoms with E-state index in [2.05, 4.69) is 20.0 Å². The fourth-order valence-electron chi connectivity index (χ4n) is 5.65. The molecule has 4 heterocycles. The number of ether oxygens (including phenoxy) is 1. The van der Waals surface area contributed by atoms with E-state index in [1.807, 2.05) is 6.92 Å². The number of hydrogen-bond donors (Lipinski definition) is 1. The summed E-state index contributed by atoms with van der Waals surface area (Å²) >= 11 is 0. The topological polar surface area (TPSA) is 75.8 Å². The number of aromatic nitrogens is 4. The second-order valence-corrected chi connectivity index (χ2v) is 10.5. The van der Waals surface area contributed by atoms with Crippen LogP contribution in [-0.2, 0) is 12.0 Å². The Bertz CT molecular complexity index is 1260. The summed E-state index contributed by atoms with van der Waals surface area (Å²) in [6.07, 6.45) is -0.654. The summed E-state index contributed by atoms with van der Waals surface area (Å²) in [4.78, 5) is 10.7. The van der Waals surface area contributed by atoms with E-state index in [1.165, 1.54) is 22.8 Å². The number of fused-ring (bicyclic) bond motifs is 3. The van der Waals surface area contributed by atoms with Crippen LogP contribution < -0.4 is 9.64 Å². The number of aliphatic hydroxyl groups is 1. The minimum absolute atomic E-state index is 0.0413. The first-order valence-corrected chi connectivity index (χ1v) is 12.1. The van der Waals surface area contributed by atoms with Crippen molar-refractivity contribution in [1.29, 1.82) is 0 Å². The van der Waals surface area contributed by atoms with E-state index >= 15 is 0 Å². The molecule has 1 unspecified atom stereocenters. The average molecular weight is 508 g/mol. The van der Waals surface area contributed by atoms with Gasteiger partial charge >= 0.3 is 6.18 Å². The molecule has 3 aromatic rings. The largest absolute Gasteiger partial charge is 0.480 e. The Balaban J connectivity index is 1.41. The lowest BCUT2D eigenvalue weighted by atomic mass is 9.82. The summed E-state index contributed by atoms with van der Waals surface area (Å²) in [5, 5.41) is 15.2. The Kier molecular flexibility index (Phi) is 6.09. The molecule has 2 aliphatic rings. The van der Waals surface area contributed by atoms with Crippen LogP contribution in [-0.4, -0.2) is 50.6 Å². The van der Waals surface area contributed by atoms with Crippen molar-refractivity contribution in [3.63, 3.8) is 0 Å². The number of anilines is 1. The van der Waals surface area contributed by atoms with Crippen LogP contribution in [0.3, 0.4) is 0 Å². The maximum absolute atomic E-state index is 14.5. The first kappa shape index (κ1) is 24.7. The highest BCUT2D eigenvalue weighted by atomic mass is 19.4. The van der Waals surface area contributed by atoms with Crippen molar-refractivity contribution in [2.45, 2.75) is 51.8 Å². The average Bonchev–Trinajstić information content (AvgIpc) is 3.29. The van der Waals surface area contributed by atoms with Crippen molar-refractivity contribution in [2.75, 3.05) is 24.6 Å². The van der Waals surface area contributed by atoms with Gasteiger partial charge in [0.2, 0.25) is 0 Å². The van der Waals surface area contributed by atoms with Crippen molar-refractivity contribution < 1.29 is 27.4 Å². The molecule has 7 nitrogen and oxygen atoms in total. The lowest BCUT2D eigenvalue weighted by Gasteiger charge is -2.39. The second-order valence-electron chi connectivity index (χ2n) is 10.5. The van der Waals surface area contributed by atoms with Crippen LogP contribution in [0.25, 0.3) is 5.65 Å². The van der Waals surface area contributed by atoms with E-state index in [9.17, 15) is 22.7 Å². The molecule has 1 N–H and O–H groups in total. The molecule has 2 bridgehead atoms. The van der Waals surface area contributed by atoms with Gasteiger partial charge in [-0.3, -0.25) is 4.98 Å². The monoisotopic (exact) mass is 507 g/mol. The number of nitrogens with zero attached hydrogens (tertiary/aromatic N) is 5. The van der Waals surface area contributed by atoms with E-state index < -0.39 is 18.4 Å². The van der Waals surface area contributed by atoms with Gasteiger partial charge in [-0.25, -0.2) is 13.9 Å². The molecule has 36 heavy (non-hydrogen) atoms. The standard InChI is InChI=1S/C25H29F4N5O2/c1-14-8-19(18(26)10-30-14)33-11-15-4-5-16(12-33)17(15)9-22-31-23-20(36-13-25(27,28)29)6-7-21(24(2,3)35)34(23)32-22/h6-8,10,15-17,35H,4-5,9,11-13H2,1-3H3/t15-,16+,17?. The first-order valence-electron chi connectivity index (χ1n) is 12.1. The molecule has 1 aliphatic heterocycles. The van der Waals surface area contributed by atoms with Crippen LogP contribution in [0.15, 0.2) is 24.4 Å². The lowest BCUT2D eigenvalue weighted by Crippen LogP contribution is -2.43. The molecule has 3 aromatic heterocycles. The predicted molar refractivity (Wildman–Crippen MR) is 124 cm³/mol. The van der Waals surface area contributed by atoms with Crippen LogP contribution in [0.1, 0.15) is 43.9 Å². The van der Waals surface area contributed by atoms with Gasteiger partial charge in [0.1, 0.15) is 5.60 Å². The van der Waals surface area contributed by atoms with E-state index in [1.54, 1.807) is 19.9 Å². The Morgan fingerprint density at radius 2 is 1.83 bits per heavy atom. The first-order chi connectivity index (χ1) is 16.9. The number of alkyl halides is 3. The predicted octanol–water partition coefficient (Wildman–Crippen LogP) is 4.45. The molecule has 0 aromatic carbocycles. The maximum Gasteiger partial charge on any atom is 0.422 e. The van der Waals surface area contributed by atoms with E-state index in [-0.39, 0.29) is 23.1 Å². The molecule has 11 heteroatoms. The summed E-state index contributed by atoms with van der Waals surface area (Å²) < 4.78 is 59.2. The Morgan fingerprint density at radius 3 is 2.47 bits per heavy atom. The van der Waals surface area contributed by atoms with Crippen LogP contribution in [0.5, 0.6) is 5.75 Å². The summed E-state index contributed by atoms with van der Waals surface area (Å²) in [7, 11) is 0. The molecule has 1 saturated carbocycles. The molecular formula is C25H29F4N5O2. The van der Waals surface area contributed by atoms with Gasteiger partial charge in [0.15, 0.2) is 29.6 Å². The van der Waals surface area contributed by atoms with Crippen LogP contribution in [0, 0.1) is 30.5 Å². The maximum atomic E-state index is 14.5. The fourth-order valence-corrected chi connectivity index (χ4v) is 5.65.